The van der Waals surface area contributed by atoms with Crippen LogP contribution in [-0.2, 0) is 15.8 Å². The number of hydrogen-bond acceptors (Lipinski definition) is 4. The first kappa shape index (κ1) is 19.6. The zero-order valence-corrected chi connectivity index (χ0v) is 16.8. The molecule has 1 aliphatic rings. The molecule has 0 bridgehead atoms. The number of hydrogen-bond donors (Lipinski definition) is 1. The Bertz CT molecular complexity index is 863. The topological polar surface area (TPSA) is 61.9 Å². The number of nitrogens with one attached hydrogen (secondary N) is 1. The molecular weight excluding hydrogens is 382 g/mol. The van der Waals surface area contributed by atoms with Crippen LogP contribution >= 0.6 is 12.2 Å². The summed E-state index contributed by atoms with van der Waals surface area (Å²) < 4.78 is 32.0. The van der Waals surface area contributed by atoms with Gasteiger partial charge in [0.1, 0.15) is 5.75 Å². The minimum absolute atomic E-state index is 0.0301. The van der Waals surface area contributed by atoms with Crippen molar-refractivity contribution in [3.63, 3.8) is 0 Å². The molecule has 0 aromatic heterocycles. The van der Waals surface area contributed by atoms with Crippen LogP contribution in [0.3, 0.4) is 0 Å². The Kier molecular flexibility index (Phi) is 6.30. The van der Waals surface area contributed by atoms with Gasteiger partial charge in [-0.15, -0.1) is 0 Å². The molecule has 144 valence electrons. The van der Waals surface area contributed by atoms with Crippen LogP contribution < -0.4 is 10.1 Å². The van der Waals surface area contributed by atoms with E-state index in [0.717, 1.165) is 17.0 Å². The Morgan fingerprint density at radius 2 is 1.67 bits per heavy atom. The van der Waals surface area contributed by atoms with Crippen LogP contribution in [0.4, 0.5) is 5.69 Å². The first-order valence-corrected chi connectivity index (χ1v) is 10.7. The Labute approximate surface area is 165 Å². The highest BCUT2D eigenvalue weighted by atomic mass is 32.2. The molecule has 2 aromatic carbocycles. The van der Waals surface area contributed by atoms with E-state index in [9.17, 15) is 8.42 Å². The molecule has 0 unspecified atom stereocenters. The summed E-state index contributed by atoms with van der Waals surface area (Å²) in [5.74, 6) is 0.811. The van der Waals surface area contributed by atoms with Crippen molar-refractivity contribution in [1.29, 1.82) is 0 Å². The minimum Gasteiger partial charge on any atom is -0.497 e. The standard InChI is InChI=1S/C19H23N3O3S2/c1-25-18-9-7-17(8-10-18)20-19(26)21-11-13-22(14-12-21)27(23,24)15-16-5-3-2-4-6-16/h2-10H,11-15H2,1H3,(H,20,26). The molecule has 1 fully saturated rings. The summed E-state index contributed by atoms with van der Waals surface area (Å²) >= 11 is 5.47. The summed E-state index contributed by atoms with van der Waals surface area (Å²) in [6.45, 7) is 1.99. The summed E-state index contributed by atoms with van der Waals surface area (Å²) in [5, 5.41) is 3.79. The molecular formula is C19H23N3O3S2. The summed E-state index contributed by atoms with van der Waals surface area (Å²) in [6, 6.07) is 16.8. The van der Waals surface area contributed by atoms with E-state index in [0.29, 0.717) is 31.3 Å². The first-order valence-electron chi connectivity index (χ1n) is 8.70. The average Bonchev–Trinajstić information content (AvgIpc) is 2.69. The van der Waals surface area contributed by atoms with Gasteiger partial charge in [0.2, 0.25) is 10.0 Å². The summed E-state index contributed by atoms with van der Waals surface area (Å²) in [6.07, 6.45) is 0. The van der Waals surface area contributed by atoms with Crippen molar-refractivity contribution in [3.8, 4) is 5.75 Å². The molecule has 1 N–H and O–H groups in total. The number of rotatable bonds is 5. The lowest BCUT2D eigenvalue weighted by molar-refractivity contribution is 0.268. The second-order valence-electron chi connectivity index (χ2n) is 6.29. The van der Waals surface area contributed by atoms with Crippen LogP contribution in [0.1, 0.15) is 5.56 Å². The molecule has 3 rings (SSSR count). The van der Waals surface area contributed by atoms with Gasteiger partial charge in [0.05, 0.1) is 12.9 Å². The predicted molar refractivity (Wildman–Crippen MR) is 111 cm³/mol. The van der Waals surface area contributed by atoms with Crippen molar-refractivity contribution < 1.29 is 13.2 Å². The van der Waals surface area contributed by atoms with Gasteiger partial charge in [-0.1, -0.05) is 30.3 Å². The largest absolute Gasteiger partial charge is 0.497 e. The number of nitrogens with zero attached hydrogens (tertiary/aromatic N) is 2. The Hall–Kier alpha value is -2.16. The van der Waals surface area contributed by atoms with Crippen molar-refractivity contribution in [2.24, 2.45) is 0 Å². The number of piperazine rings is 1. The van der Waals surface area contributed by atoms with Crippen LogP contribution in [0.2, 0.25) is 0 Å². The lowest BCUT2D eigenvalue weighted by Crippen LogP contribution is -2.51. The molecule has 8 heteroatoms. The third-order valence-corrected chi connectivity index (χ3v) is 6.66. The highest BCUT2D eigenvalue weighted by Gasteiger charge is 2.27. The quantitative estimate of drug-likeness (QED) is 0.772. The van der Waals surface area contributed by atoms with Crippen molar-refractivity contribution in [3.05, 3.63) is 60.2 Å². The number of anilines is 1. The Morgan fingerprint density at radius 1 is 1.04 bits per heavy atom. The molecule has 1 saturated heterocycles. The van der Waals surface area contributed by atoms with Gasteiger partial charge in [0.25, 0.3) is 0 Å². The molecule has 0 radical (unpaired) electrons. The average molecular weight is 406 g/mol. The highest BCUT2D eigenvalue weighted by Crippen LogP contribution is 2.17. The zero-order chi connectivity index (χ0) is 19.3. The minimum atomic E-state index is -3.32. The van der Waals surface area contributed by atoms with Crippen LogP contribution in [0.15, 0.2) is 54.6 Å². The monoisotopic (exact) mass is 405 g/mol. The maximum atomic E-state index is 12.6. The van der Waals surface area contributed by atoms with Crippen LogP contribution in [0, 0.1) is 0 Å². The predicted octanol–water partition coefficient (Wildman–Crippen LogP) is 2.54. The number of thiocarbonyl (C=S) groups is 1. The van der Waals surface area contributed by atoms with Crippen molar-refractivity contribution in [2.75, 3.05) is 38.6 Å². The van der Waals surface area contributed by atoms with Crippen molar-refractivity contribution >= 4 is 33.0 Å². The van der Waals surface area contributed by atoms with E-state index in [2.05, 4.69) is 5.32 Å². The highest BCUT2D eigenvalue weighted by molar-refractivity contribution is 7.88. The van der Waals surface area contributed by atoms with E-state index >= 15 is 0 Å². The molecule has 0 spiro atoms. The number of methoxy groups -OCH3 is 1. The second-order valence-corrected chi connectivity index (χ2v) is 8.64. The van der Waals surface area contributed by atoms with Crippen molar-refractivity contribution in [1.82, 2.24) is 9.21 Å². The fourth-order valence-electron chi connectivity index (χ4n) is 2.92. The van der Waals surface area contributed by atoms with E-state index in [1.54, 1.807) is 11.4 Å². The van der Waals surface area contributed by atoms with Crippen molar-refractivity contribution in [2.45, 2.75) is 5.75 Å². The van der Waals surface area contributed by atoms with E-state index in [1.165, 1.54) is 0 Å². The third-order valence-electron chi connectivity index (χ3n) is 4.45. The Morgan fingerprint density at radius 3 is 2.26 bits per heavy atom. The van der Waals surface area contributed by atoms with Gasteiger partial charge in [0.15, 0.2) is 5.11 Å². The third kappa shape index (κ3) is 5.18. The number of ether oxygens (including phenoxy) is 1. The summed E-state index contributed by atoms with van der Waals surface area (Å²) in [5.41, 5.74) is 1.68. The molecule has 6 nitrogen and oxygen atoms in total. The van der Waals surface area contributed by atoms with Crippen LogP contribution in [0.5, 0.6) is 5.75 Å². The van der Waals surface area contributed by atoms with Gasteiger partial charge in [0, 0.05) is 31.9 Å². The van der Waals surface area contributed by atoms with E-state index < -0.39 is 10.0 Å². The lowest BCUT2D eigenvalue weighted by Gasteiger charge is -2.35. The second kappa shape index (κ2) is 8.69. The zero-order valence-electron chi connectivity index (χ0n) is 15.2. The van der Waals surface area contributed by atoms with Gasteiger partial charge in [-0.3, -0.25) is 0 Å². The molecule has 0 amide bonds. The van der Waals surface area contributed by atoms with E-state index in [4.69, 9.17) is 17.0 Å². The Balaban J connectivity index is 1.53. The maximum absolute atomic E-state index is 12.6. The maximum Gasteiger partial charge on any atom is 0.218 e. The SMILES string of the molecule is COc1ccc(NC(=S)N2CCN(S(=O)(=O)Cc3ccccc3)CC2)cc1. The lowest BCUT2D eigenvalue weighted by atomic mass is 10.2. The van der Waals surface area contributed by atoms with Gasteiger partial charge in [-0.2, -0.15) is 4.31 Å². The smallest absolute Gasteiger partial charge is 0.218 e. The van der Waals surface area contributed by atoms with Crippen LogP contribution in [0.25, 0.3) is 0 Å². The number of sulfonamides is 1. The number of benzene rings is 2. The fourth-order valence-corrected chi connectivity index (χ4v) is 4.74. The molecule has 27 heavy (non-hydrogen) atoms. The van der Waals surface area contributed by atoms with E-state index in [1.807, 2.05) is 59.5 Å². The fraction of sp³-hybridized carbons (Fsp3) is 0.316. The molecule has 0 atom stereocenters. The molecule has 1 heterocycles. The first-order chi connectivity index (χ1) is 13.0. The van der Waals surface area contributed by atoms with Gasteiger partial charge >= 0.3 is 0 Å². The van der Waals surface area contributed by atoms with E-state index in [-0.39, 0.29) is 5.75 Å². The normalized spacial score (nSPS) is 15.4. The van der Waals surface area contributed by atoms with Gasteiger partial charge in [-0.05, 0) is 42.0 Å². The molecule has 1 aliphatic heterocycles. The molecule has 2 aromatic rings. The summed E-state index contributed by atoms with van der Waals surface area (Å²) in [4.78, 5) is 1.99. The van der Waals surface area contributed by atoms with Gasteiger partial charge in [-0.25, -0.2) is 8.42 Å². The summed E-state index contributed by atoms with van der Waals surface area (Å²) in [7, 11) is -1.70. The van der Waals surface area contributed by atoms with Gasteiger partial charge < -0.3 is 15.0 Å². The molecule has 0 saturated carbocycles. The molecule has 0 aliphatic carbocycles. The van der Waals surface area contributed by atoms with Crippen LogP contribution in [-0.4, -0.2) is 56.0 Å².